The third-order valence-electron chi connectivity index (χ3n) is 4.85. The molecule has 182 valence electrons. The minimum atomic E-state index is -2.35. The van der Waals surface area contributed by atoms with E-state index >= 15 is 0 Å². The standard InChI is InChI=1S/C21H27N7O5S/c22-21(18(30)31,26-20(32)33-13-14-6-2-1-3-7-14)12-15(29)17-28-27-16(34-17)8-4-5-9-23-19-24-10-11-25-19/h1-3,6-7H,4-5,8-13,22H2,(H,26,32)(H,30,31)(H2,23,24,25)/t21-/m0/s1. The number of unbranched alkanes of at least 4 members (excludes halogenated alkanes) is 1. The fourth-order valence-corrected chi connectivity index (χ4v) is 3.85. The Hall–Kier alpha value is -3.58. The SMILES string of the molecule is N[C@@](CC(=O)c1nnc(CCCCNC2=NCCN2)s1)(NC(=O)OCc1ccccc1)C(=O)O. The number of benzene rings is 1. The first kappa shape index (κ1) is 25.1. The van der Waals surface area contributed by atoms with Gasteiger partial charge in [0.25, 0.3) is 0 Å². The van der Waals surface area contributed by atoms with Crippen molar-refractivity contribution in [3.63, 3.8) is 0 Å². The highest BCUT2D eigenvalue weighted by atomic mass is 32.1. The Labute approximate surface area is 200 Å². The second kappa shape index (κ2) is 12.0. The normalized spacial score (nSPS) is 14.4. The van der Waals surface area contributed by atoms with Gasteiger partial charge in [-0.15, -0.1) is 10.2 Å². The van der Waals surface area contributed by atoms with Crippen LogP contribution < -0.4 is 21.7 Å². The quantitative estimate of drug-likeness (QED) is 0.161. The highest BCUT2D eigenvalue weighted by molar-refractivity contribution is 7.13. The molecule has 0 saturated carbocycles. The number of amides is 1. The average Bonchev–Trinajstić information content (AvgIpc) is 3.50. The maximum absolute atomic E-state index is 12.6. The maximum atomic E-state index is 12.6. The van der Waals surface area contributed by atoms with E-state index in [-0.39, 0.29) is 11.6 Å². The van der Waals surface area contributed by atoms with Crippen LogP contribution in [0.1, 0.15) is 39.6 Å². The molecule has 1 aromatic carbocycles. The first-order valence-corrected chi connectivity index (χ1v) is 11.6. The van der Waals surface area contributed by atoms with Crippen LogP contribution in [-0.4, -0.2) is 64.4 Å². The van der Waals surface area contributed by atoms with E-state index in [9.17, 15) is 19.5 Å². The number of carbonyl (C=O) groups is 3. The number of Topliss-reactive ketones (excluding diaryl/α,β-unsaturated/α-hetero) is 1. The Morgan fingerprint density at radius 3 is 2.71 bits per heavy atom. The van der Waals surface area contributed by atoms with Gasteiger partial charge in [0.1, 0.15) is 11.6 Å². The van der Waals surface area contributed by atoms with Crippen molar-refractivity contribution >= 4 is 35.1 Å². The summed E-state index contributed by atoms with van der Waals surface area (Å²) in [7, 11) is 0. The van der Waals surface area contributed by atoms with Gasteiger partial charge in [-0.05, 0) is 18.4 Å². The fraction of sp³-hybridized carbons (Fsp3) is 0.429. The number of alkyl carbamates (subject to hydrolysis) is 1. The number of ketones is 1. The molecule has 34 heavy (non-hydrogen) atoms. The number of rotatable bonds is 12. The molecule has 2 aromatic rings. The van der Waals surface area contributed by atoms with E-state index in [0.717, 1.165) is 49.8 Å². The number of nitrogens with zero attached hydrogens (tertiary/aromatic N) is 3. The number of aromatic nitrogens is 2. The van der Waals surface area contributed by atoms with E-state index in [0.29, 0.717) is 17.0 Å². The Kier molecular flexibility index (Phi) is 8.87. The van der Waals surface area contributed by atoms with Crippen molar-refractivity contribution in [2.24, 2.45) is 10.7 Å². The minimum Gasteiger partial charge on any atom is -0.478 e. The number of nitrogens with two attached hydrogens (primary N) is 1. The van der Waals surface area contributed by atoms with Crippen LogP contribution in [0.4, 0.5) is 4.79 Å². The first-order chi connectivity index (χ1) is 16.4. The van der Waals surface area contributed by atoms with Gasteiger partial charge in [-0.25, -0.2) is 9.59 Å². The number of aliphatic imine (C=N–C) groups is 1. The molecule has 1 aliphatic rings. The lowest BCUT2D eigenvalue weighted by Gasteiger charge is -2.24. The lowest BCUT2D eigenvalue weighted by molar-refractivity contribution is -0.144. The van der Waals surface area contributed by atoms with Crippen LogP contribution in [0.2, 0.25) is 0 Å². The molecule has 0 unspecified atom stereocenters. The fourth-order valence-electron chi connectivity index (χ4n) is 3.04. The zero-order valence-corrected chi connectivity index (χ0v) is 19.3. The van der Waals surface area contributed by atoms with E-state index in [1.807, 2.05) is 6.07 Å². The van der Waals surface area contributed by atoms with Crippen LogP contribution in [0.3, 0.4) is 0 Å². The molecule has 1 aromatic heterocycles. The molecule has 1 aliphatic heterocycles. The second-order valence-electron chi connectivity index (χ2n) is 7.61. The van der Waals surface area contributed by atoms with E-state index in [1.54, 1.807) is 24.3 Å². The van der Waals surface area contributed by atoms with E-state index in [2.05, 4.69) is 31.1 Å². The predicted octanol–water partition coefficient (Wildman–Crippen LogP) is 0.648. The zero-order valence-electron chi connectivity index (χ0n) is 18.5. The first-order valence-electron chi connectivity index (χ1n) is 10.7. The molecule has 1 amide bonds. The smallest absolute Gasteiger partial charge is 0.409 e. The van der Waals surface area contributed by atoms with Gasteiger partial charge in [0.05, 0.1) is 13.0 Å². The number of hydrogen-bond donors (Lipinski definition) is 5. The summed E-state index contributed by atoms with van der Waals surface area (Å²) in [5.41, 5.74) is 4.19. The highest BCUT2D eigenvalue weighted by Gasteiger charge is 2.40. The van der Waals surface area contributed by atoms with Gasteiger partial charge in [0, 0.05) is 19.5 Å². The molecule has 13 heteroatoms. The highest BCUT2D eigenvalue weighted by Crippen LogP contribution is 2.17. The van der Waals surface area contributed by atoms with Crippen LogP contribution in [0.5, 0.6) is 0 Å². The van der Waals surface area contributed by atoms with Crippen LogP contribution >= 0.6 is 11.3 Å². The van der Waals surface area contributed by atoms with Crippen LogP contribution in [0, 0.1) is 0 Å². The molecule has 0 radical (unpaired) electrons. The second-order valence-corrected chi connectivity index (χ2v) is 8.67. The van der Waals surface area contributed by atoms with Crippen molar-refractivity contribution in [2.75, 3.05) is 19.6 Å². The predicted molar refractivity (Wildman–Crippen MR) is 124 cm³/mol. The van der Waals surface area contributed by atoms with E-state index in [4.69, 9.17) is 10.5 Å². The van der Waals surface area contributed by atoms with Crippen molar-refractivity contribution in [3.05, 3.63) is 45.9 Å². The third kappa shape index (κ3) is 7.49. The van der Waals surface area contributed by atoms with Crippen molar-refractivity contribution in [2.45, 2.75) is 38.0 Å². The third-order valence-corrected chi connectivity index (χ3v) is 5.87. The number of carboxylic acids is 1. The summed E-state index contributed by atoms with van der Waals surface area (Å²) < 4.78 is 5.02. The lowest BCUT2D eigenvalue weighted by Crippen LogP contribution is -2.62. The Morgan fingerprint density at radius 2 is 2.00 bits per heavy atom. The molecular weight excluding hydrogens is 462 g/mol. The van der Waals surface area contributed by atoms with Gasteiger partial charge < -0.3 is 20.5 Å². The van der Waals surface area contributed by atoms with Gasteiger partial charge in [0.2, 0.25) is 0 Å². The molecule has 0 aliphatic carbocycles. The van der Waals surface area contributed by atoms with Crippen molar-refractivity contribution in [3.8, 4) is 0 Å². The number of carboxylic acid groups (broad SMARTS) is 1. The summed E-state index contributed by atoms with van der Waals surface area (Å²) in [4.78, 5) is 40.6. The molecule has 0 bridgehead atoms. The molecule has 2 heterocycles. The van der Waals surface area contributed by atoms with E-state index < -0.39 is 29.9 Å². The molecule has 0 saturated heterocycles. The van der Waals surface area contributed by atoms with Crippen molar-refractivity contribution in [1.82, 2.24) is 26.1 Å². The van der Waals surface area contributed by atoms with Crippen LogP contribution in [0.25, 0.3) is 0 Å². The Morgan fingerprint density at radius 1 is 1.21 bits per heavy atom. The van der Waals surface area contributed by atoms with Gasteiger partial charge in [-0.3, -0.25) is 20.8 Å². The number of aryl methyl sites for hydroxylation is 1. The van der Waals surface area contributed by atoms with Crippen molar-refractivity contribution in [1.29, 1.82) is 0 Å². The summed E-state index contributed by atoms with van der Waals surface area (Å²) in [5, 5.41) is 26.5. The average molecular weight is 490 g/mol. The summed E-state index contributed by atoms with van der Waals surface area (Å²) >= 11 is 1.08. The van der Waals surface area contributed by atoms with E-state index in [1.165, 1.54) is 0 Å². The molecule has 0 fully saturated rings. The minimum absolute atomic E-state index is 0.0353. The topological polar surface area (TPSA) is 181 Å². The van der Waals surface area contributed by atoms with Gasteiger partial charge in [-0.2, -0.15) is 0 Å². The number of carbonyl (C=O) groups excluding carboxylic acids is 2. The van der Waals surface area contributed by atoms with Gasteiger partial charge in [-0.1, -0.05) is 41.7 Å². The number of nitrogens with one attached hydrogen (secondary N) is 3. The Bertz CT molecular complexity index is 1030. The van der Waals surface area contributed by atoms with Crippen LogP contribution in [0.15, 0.2) is 35.3 Å². The lowest BCUT2D eigenvalue weighted by atomic mass is 10.0. The van der Waals surface area contributed by atoms with Gasteiger partial charge in [0.15, 0.2) is 22.4 Å². The molecule has 0 spiro atoms. The maximum Gasteiger partial charge on any atom is 0.409 e. The number of aliphatic carboxylic acids is 1. The summed E-state index contributed by atoms with van der Waals surface area (Å²) in [6, 6.07) is 8.85. The molecule has 12 nitrogen and oxygen atoms in total. The largest absolute Gasteiger partial charge is 0.478 e. The molecular formula is C21H27N7O5S. The molecule has 1 atom stereocenters. The van der Waals surface area contributed by atoms with Gasteiger partial charge >= 0.3 is 12.1 Å². The molecule has 3 rings (SSSR count). The summed E-state index contributed by atoms with van der Waals surface area (Å²) in [6.07, 6.45) is 0.587. The van der Waals surface area contributed by atoms with Crippen molar-refractivity contribution < 1.29 is 24.2 Å². The molecule has 6 N–H and O–H groups in total. The monoisotopic (exact) mass is 489 g/mol. The number of ether oxygens (including phenoxy) is 1. The zero-order chi connectivity index (χ0) is 24.4. The number of hydrogen-bond acceptors (Lipinski definition) is 11. The summed E-state index contributed by atoms with van der Waals surface area (Å²) in [5.74, 6) is -1.40. The number of guanidine groups is 1. The van der Waals surface area contributed by atoms with Crippen LogP contribution in [-0.2, 0) is 22.6 Å². The summed E-state index contributed by atoms with van der Waals surface area (Å²) in [6.45, 7) is 2.31. The Balaban J connectivity index is 1.46.